The van der Waals surface area contributed by atoms with E-state index in [9.17, 15) is 0 Å². The van der Waals surface area contributed by atoms with E-state index in [4.69, 9.17) is 23.8 Å². The highest BCUT2D eigenvalue weighted by molar-refractivity contribution is 7.80. The van der Waals surface area contributed by atoms with Crippen molar-refractivity contribution < 1.29 is 0 Å². The summed E-state index contributed by atoms with van der Waals surface area (Å²) in [6.07, 6.45) is 0. The van der Waals surface area contributed by atoms with Crippen LogP contribution in [0.5, 0.6) is 0 Å². The van der Waals surface area contributed by atoms with E-state index < -0.39 is 0 Å². The number of hydrogen-bond acceptors (Lipinski definition) is 3. The summed E-state index contributed by atoms with van der Waals surface area (Å²) in [5.74, 6) is 0. The fourth-order valence-electron chi connectivity index (χ4n) is 2.61. The Balaban J connectivity index is 1.48. The Kier molecular flexibility index (Phi) is 5.54. The number of thiocarbonyl (C=S) groups is 1. The molecule has 1 fully saturated rings. The summed E-state index contributed by atoms with van der Waals surface area (Å²) < 4.78 is 0.863. The van der Waals surface area contributed by atoms with Gasteiger partial charge in [-0.05, 0) is 43.4 Å². The summed E-state index contributed by atoms with van der Waals surface area (Å²) in [6.45, 7) is 7.01. The van der Waals surface area contributed by atoms with Gasteiger partial charge in [-0.25, -0.2) is 0 Å². The van der Waals surface area contributed by atoms with Gasteiger partial charge >= 0.3 is 0 Å². The van der Waals surface area contributed by atoms with Crippen molar-refractivity contribution in [3.05, 3.63) is 51.2 Å². The third-order valence-electron chi connectivity index (χ3n) is 3.97. The summed E-state index contributed by atoms with van der Waals surface area (Å²) in [5.41, 5.74) is 2.31. The number of benzene rings is 1. The van der Waals surface area contributed by atoms with Gasteiger partial charge in [-0.1, -0.05) is 29.3 Å². The molecule has 1 saturated heterocycles. The molecular formula is C17H20ClN3S2. The Morgan fingerprint density at radius 1 is 1.13 bits per heavy atom. The zero-order valence-corrected chi connectivity index (χ0v) is 15.5. The van der Waals surface area contributed by atoms with Crippen LogP contribution in [0.3, 0.4) is 0 Å². The van der Waals surface area contributed by atoms with Crippen LogP contribution in [0.1, 0.15) is 10.4 Å². The third-order valence-corrected chi connectivity index (χ3v) is 5.55. The SMILES string of the molecule is Cc1ccc(NC(=S)N2CCN(Cc3ccc(Cl)s3)CC2)cc1. The smallest absolute Gasteiger partial charge is 0.173 e. The zero-order chi connectivity index (χ0) is 16.2. The van der Waals surface area contributed by atoms with Crippen molar-refractivity contribution in [3.63, 3.8) is 0 Å². The second kappa shape index (κ2) is 7.62. The first-order valence-electron chi connectivity index (χ1n) is 7.69. The zero-order valence-electron chi connectivity index (χ0n) is 13.1. The topological polar surface area (TPSA) is 18.5 Å². The quantitative estimate of drug-likeness (QED) is 0.820. The molecule has 0 amide bonds. The summed E-state index contributed by atoms with van der Waals surface area (Å²) in [5, 5.41) is 4.14. The number of anilines is 1. The highest BCUT2D eigenvalue weighted by Crippen LogP contribution is 2.23. The Morgan fingerprint density at radius 3 is 2.43 bits per heavy atom. The molecule has 1 N–H and O–H groups in total. The Labute approximate surface area is 151 Å². The van der Waals surface area contributed by atoms with Gasteiger partial charge in [-0.3, -0.25) is 4.90 Å². The van der Waals surface area contributed by atoms with E-state index in [1.54, 1.807) is 11.3 Å². The van der Waals surface area contributed by atoms with Gasteiger partial charge in [0.1, 0.15) is 0 Å². The van der Waals surface area contributed by atoms with E-state index in [0.717, 1.165) is 47.9 Å². The minimum atomic E-state index is 0.813. The van der Waals surface area contributed by atoms with E-state index in [1.165, 1.54) is 10.4 Å². The highest BCUT2D eigenvalue weighted by atomic mass is 35.5. The van der Waals surface area contributed by atoms with Crippen molar-refractivity contribution >= 4 is 46.0 Å². The highest BCUT2D eigenvalue weighted by Gasteiger charge is 2.19. The average Bonchev–Trinajstić information content (AvgIpc) is 2.95. The molecule has 6 heteroatoms. The van der Waals surface area contributed by atoms with Crippen molar-refractivity contribution in [1.82, 2.24) is 9.80 Å². The molecule has 1 aliphatic rings. The molecule has 0 radical (unpaired) electrons. The molecule has 0 bridgehead atoms. The summed E-state index contributed by atoms with van der Waals surface area (Å²) in [6, 6.07) is 12.4. The molecule has 122 valence electrons. The maximum absolute atomic E-state index is 6.00. The Bertz CT molecular complexity index is 661. The molecule has 2 aromatic rings. The number of nitrogens with one attached hydrogen (secondary N) is 1. The molecule has 0 saturated carbocycles. The maximum Gasteiger partial charge on any atom is 0.173 e. The van der Waals surface area contributed by atoms with Crippen molar-refractivity contribution in [3.8, 4) is 0 Å². The van der Waals surface area contributed by atoms with Crippen molar-refractivity contribution in [2.45, 2.75) is 13.5 Å². The lowest BCUT2D eigenvalue weighted by Crippen LogP contribution is -2.49. The van der Waals surface area contributed by atoms with Gasteiger partial charge in [0, 0.05) is 43.3 Å². The second-order valence-corrected chi connectivity index (χ2v) is 7.95. The number of rotatable bonds is 3. The fraction of sp³-hybridized carbons (Fsp3) is 0.353. The molecule has 2 heterocycles. The van der Waals surface area contributed by atoms with Gasteiger partial charge in [0.25, 0.3) is 0 Å². The number of piperazine rings is 1. The van der Waals surface area contributed by atoms with Crippen LogP contribution in [-0.4, -0.2) is 41.1 Å². The Morgan fingerprint density at radius 2 is 1.83 bits per heavy atom. The van der Waals surface area contributed by atoms with E-state index in [-0.39, 0.29) is 0 Å². The molecule has 0 spiro atoms. The first-order valence-corrected chi connectivity index (χ1v) is 9.29. The molecule has 0 atom stereocenters. The van der Waals surface area contributed by atoms with Gasteiger partial charge in [-0.15, -0.1) is 11.3 Å². The average molecular weight is 366 g/mol. The number of thiophene rings is 1. The van der Waals surface area contributed by atoms with Crippen LogP contribution in [0.2, 0.25) is 4.34 Å². The van der Waals surface area contributed by atoms with Gasteiger partial charge in [-0.2, -0.15) is 0 Å². The summed E-state index contributed by atoms with van der Waals surface area (Å²) >= 11 is 13.2. The van der Waals surface area contributed by atoms with Gasteiger partial charge < -0.3 is 10.2 Å². The number of halogens is 1. The molecule has 1 aromatic carbocycles. The van der Waals surface area contributed by atoms with Gasteiger partial charge in [0.05, 0.1) is 4.34 Å². The minimum Gasteiger partial charge on any atom is -0.346 e. The number of nitrogens with zero attached hydrogens (tertiary/aromatic N) is 2. The maximum atomic E-state index is 6.00. The van der Waals surface area contributed by atoms with E-state index in [0.29, 0.717) is 0 Å². The van der Waals surface area contributed by atoms with Crippen LogP contribution in [0.25, 0.3) is 0 Å². The Hall–Kier alpha value is -1.14. The molecule has 0 aliphatic carbocycles. The molecule has 3 nitrogen and oxygen atoms in total. The van der Waals surface area contributed by atoms with Gasteiger partial charge in [0.15, 0.2) is 5.11 Å². The first-order chi connectivity index (χ1) is 11.1. The van der Waals surface area contributed by atoms with Crippen LogP contribution < -0.4 is 5.32 Å². The first kappa shape index (κ1) is 16.7. The van der Waals surface area contributed by atoms with Crippen molar-refractivity contribution in [2.75, 3.05) is 31.5 Å². The lowest BCUT2D eigenvalue weighted by atomic mass is 10.2. The van der Waals surface area contributed by atoms with Gasteiger partial charge in [0.2, 0.25) is 0 Å². The predicted octanol–water partition coefficient (Wildman–Crippen LogP) is 4.22. The molecule has 0 unspecified atom stereocenters. The predicted molar refractivity (Wildman–Crippen MR) is 104 cm³/mol. The van der Waals surface area contributed by atoms with Crippen molar-refractivity contribution in [1.29, 1.82) is 0 Å². The van der Waals surface area contributed by atoms with Crippen LogP contribution in [0, 0.1) is 6.92 Å². The van der Waals surface area contributed by atoms with Crippen LogP contribution in [-0.2, 0) is 6.54 Å². The number of hydrogen-bond donors (Lipinski definition) is 1. The lowest BCUT2D eigenvalue weighted by molar-refractivity contribution is 0.178. The fourth-order valence-corrected chi connectivity index (χ4v) is 4.04. The molecule has 3 rings (SSSR count). The summed E-state index contributed by atoms with van der Waals surface area (Å²) in [7, 11) is 0. The van der Waals surface area contributed by atoms with E-state index in [1.807, 2.05) is 6.07 Å². The molecule has 23 heavy (non-hydrogen) atoms. The van der Waals surface area contributed by atoms with E-state index in [2.05, 4.69) is 52.4 Å². The monoisotopic (exact) mass is 365 g/mol. The van der Waals surface area contributed by atoms with E-state index >= 15 is 0 Å². The largest absolute Gasteiger partial charge is 0.346 e. The lowest BCUT2D eigenvalue weighted by Gasteiger charge is -2.36. The third kappa shape index (κ3) is 4.67. The molecular weight excluding hydrogens is 346 g/mol. The molecule has 1 aromatic heterocycles. The van der Waals surface area contributed by atoms with Crippen LogP contribution in [0.15, 0.2) is 36.4 Å². The second-order valence-electron chi connectivity index (χ2n) is 5.77. The van der Waals surface area contributed by atoms with Crippen molar-refractivity contribution in [2.24, 2.45) is 0 Å². The van der Waals surface area contributed by atoms with Crippen LogP contribution in [0.4, 0.5) is 5.69 Å². The number of aryl methyl sites for hydroxylation is 1. The standard InChI is InChI=1S/C17H20ClN3S2/c1-13-2-4-14(5-3-13)19-17(22)21-10-8-20(9-11-21)12-15-6-7-16(18)23-15/h2-7H,8-12H2,1H3,(H,19,22). The summed E-state index contributed by atoms with van der Waals surface area (Å²) in [4.78, 5) is 6.02. The minimum absolute atomic E-state index is 0.813. The molecule has 1 aliphatic heterocycles. The normalized spacial score (nSPS) is 15.7. The van der Waals surface area contributed by atoms with Crippen LogP contribution >= 0.6 is 35.2 Å².